The molecule has 5 N–H and O–H groups in total. The zero-order chi connectivity index (χ0) is 17.4. The maximum Gasteiger partial charge on any atom is 0.256 e. The molecule has 0 unspecified atom stereocenters. The van der Waals surface area contributed by atoms with Crippen molar-refractivity contribution in [2.45, 2.75) is 32.6 Å². The van der Waals surface area contributed by atoms with Crippen molar-refractivity contribution >= 4 is 28.2 Å². The van der Waals surface area contributed by atoms with E-state index in [1.165, 1.54) is 23.5 Å². The minimum Gasteiger partial charge on any atom is -0.508 e. The zero-order valence-corrected chi connectivity index (χ0v) is 14.0. The van der Waals surface area contributed by atoms with Gasteiger partial charge in [0.15, 0.2) is 0 Å². The van der Waals surface area contributed by atoms with Crippen molar-refractivity contribution in [2.24, 2.45) is 5.73 Å². The van der Waals surface area contributed by atoms with Crippen LogP contribution in [0.4, 0.5) is 5.00 Å². The summed E-state index contributed by atoms with van der Waals surface area (Å²) in [4.78, 5) is 25.3. The molecule has 126 valence electrons. The van der Waals surface area contributed by atoms with Crippen molar-refractivity contribution in [1.29, 1.82) is 0 Å². The molecule has 0 saturated heterocycles. The Labute approximate surface area is 142 Å². The van der Waals surface area contributed by atoms with Crippen molar-refractivity contribution < 1.29 is 19.8 Å². The number of phenols is 2. The number of phenolic OH excluding ortho intramolecular Hbond substituents is 2. The molecule has 1 heterocycles. The maximum atomic E-state index is 12.4. The van der Waals surface area contributed by atoms with E-state index in [0.717, 1.165) is 36.1 Å². The number of nitrogens with two attached hydrogens (primary N) is 1. The van der Waals surface area contributed by atoms with Crippen LogP contribution in [0.15, 0.2) is 12.1 Å². The summed E-state index contributed by atoms with van der Waals surface area (Å²) in [5, 5.41) is 22.6. The van der Waals surface area contributed by atoms with E-state index in [-0.39, 0.29) is 17.1 Å². The number of aryl methyl sites for hydroxylation is 1. The van der Waals surface area contributed by atoms with Gasteiger partial charge in [0, 0.05) is 16.0 Å². The number of fused-ring (bicyclic) bond motifs is 1. The van der Waals surface area contributed by atoms with Crippen LogP contribution in [0.25, 0.3) is 0 Å². The highest BCUT2D eigenvalue weighted by Crippen LogP contribution is 2.38. The Bertz CT molecular complexity index is 818. The highest BCUT2D eigenvalue weighted by Gasteiger charge is 2.25. The Hall–Kier alpha value is -2.54. The largest absolute Gasteiger partial charge is 0.508 e. The van der Waals surface area contributed by atoms with Gasteiger partial charge < -0.3 is 21.3 Å². The predicted molar refractivity (Wildman–Crippen MR) is 91.9 cm³/mol. The van der Waals surface area contributed by atoms with E-state index >= 15 is 0 Å². The molecule has 2 aromatic rings. The van der Waals surface area contributed by atoms with Gasteiger partial charge in [0.2, 0.25) is 0 Å². The number of thiophene rings is 1. The zero-order valence-electron chi connectivity index (χ0n) is 13.2. The monoisotopic (exact) mass is 346 g/mol. The number of hydrogen-bond donors (Lipinski definition) is 4. The molecule has 0 radical (unpaired) electrons. The van der Waals surface area contributed by atoms with Gasteiger partial charge in [-0.3, -0.25) is 9.59 Å². The van der Waals surface area contributed by atoms with Gasteiger partial charge in [-0.15, -0.1) is 11.3 Å². The first-order valence-corrected chi connectivity index (χ1v) is 8.48. The number of rotatable bonds is 3. The van der Waals surface area contributed by atoms with Crippen molar-refractivity contribution in [3.63, 3.8) is 0 Å². The fourth-order valence-electron chi connectivity index (χ4n) is 2.90. The average molecular weight is 346 g/mol. The molecule has 2 amide bonds. The molecule has 1 aromatic carbocycles. The summed E-state index contributed by atoms with van der Waals surface area (Å²) in [6, 6.07) is 2.56. The molecule has 6 nitrogen and oxygen atoms in total. The van der Waals surface area contributed by atoms with Crippen molar-refractivity contribution in [2.75, 3.05) is 5.32 Å². The molecule has 0 spiro atoms. The number of carbonyl (C=O) groups is 2. The van der Waals surface area contributed by atoms with Crippen LogP contribution in [0, 0.1) is 6.92 Å². The highest BCUT2D eigenvalue weighted by molar-refractivity contribution is 7.17. The quantitative estimate of drug-likeness (QED) is 0.684. The standard InChI is InChI=1S/C17H18N2O4S/c1-8-11(20)6-9(7-12(8)21)16(23)19-17-14(15(18)22)10-4-2-3-5-13(10)24-17/h6-7,20-21H,2-5H2,1H3,(H2,18,22)(H,19,23). The summed E-state index contributed by atoms with van der Waals surface area (Å²) >= 11 is 1.37. The number of aromatic hydroxyl groups is 2. The summed E-state index contributed by atoms with van der Waals surface area (Å²) in [5.74, 6) is -1.40. The Morgan fingerprint density at radius 3 is 2.42 bits per heavy atom. The Morgan fingerprint density at radius 2 is 1.79 bits per heavy atom. The number of amides is 2. The molecular formula is C17H18N2O4S. The molecule has 1 aliphatic rings. The van der Waals surface area contributed by atoms with E-state index in [1.807, 2.05) is 0 Å². The summed E-state index contributed by atoms with van der Waals surface area (Å²) in [5.41, 5.74) is 7.22. The Morgan fingerprint density at radius 1 is 1.17 bits per heavy atom. The molecule has 0 fully saturated rings. The lowest BCUT2D eigenvalue weighted by Gasteiger charge is -2.11. The third-order valence-electron chi connectivity index (χ3n) is 4.26. The Kier molecular flexibility index (Phi) is 4.19. The minimum atomic E-state index is -0.556. The lowest BCUT2D eigenvalue weighted by atomic mass is 9.95. The molecular weight excluding hydrogens is 328 g/mol. The maximum absolute atomic E-state index is 12.4. The number of primary amides is 1. The smallest absolute Gasteiger partial charge is 0.256 e. The molecule has 1 aliphatic carbocycles. The number of benzene rings is 1. The van der Waals surface area contributed by atoms with Gasteiger partial charge in [-0.2, -0.15) is 0 Å². The first-order valence-electron chi connectivity index (χ1n) is 7.66. The van der Waals surface area contributed by atoms with E-state index in [0.29, 0.717) is 16.1 Å². The summed E-state index contributed by atoms with van der Waals surface area (Å²) in [7, 11) is 0. The van der Waals surface area contributed by atoms with Gasteiger partial charge >= 0.3 is 0 Å². The topological polar surface area (TPSA) is 113 Å². The molecule has 0 bridgehead atoms. The van der Waals surface area contributed by atoms with Gasteiger partial charge in [-0.05, 0) is 50.3 Å². The van der Waals surface area contributed by atoms with Gasteiger partial charge in [-0.1, -0.05) is 0 Å². The first-order chi connectivity index (χ1) is 11.4. The summed E-state index contributed by atoms with van der Waals surface area (Å²) < 4.78 is 0. The molecule has 1 aromatic heterocycles. The van der Waals surface area contributed by atoms with Crippen LogP contribution in [-0.2, 0) is 12.8 Å². The third kappa shape index (κ3) is 2.82. The molecule has 0 saturated carbocycles. The van der Waals surface area contributed by atoms with Crippen molar-refractivity contribution in [3.05, 3.63) is 39.3 Å². The van der Waals surface area contributed by atoms with Gasteiger partial charge in [0.05, 0.1) is 5.56 Å². The van der Waals surface area contributed by atoms with Crippen LogP contribution in [0.2, 0.25) is 0 Å². The first kappa shape index (κ1) is 16.3. The van der Waals surface area contributed by atoms with Gasteiger partial charge in [0.25, 0.3) is 11.8 Å². The fourth-order valence-corrected chi connectivity index (χ4v) is 4.19. The molecule has 0 aliphatic heterocycles. The predicted octanol–water partition coefficient (Wildman–Crippen LogP) is 2.70. The fraction of sp³-hybridized carbons (Fsp3) is 0.294. The second kappa shape index (κ2) is 6.16. The normalized spacial score (nSPS) is 13.4. The Balaban J connectivity index is 1.95. The van der Waals surface area contributed by atoms with Crippen molar-refractivity contribution in [1.82, 2.24) is 0 Å². The average Bonchev–Trinajstić information content (AvgIpc) is 2.89. The number of carbonyl (C=O) groups excluding carboxylic acids is 2. The number of anilines is 1. The third-order valence-corrected chi connectivity index (χ3v) is 5.47. The van der Waals surface area contributed by atoms with E-state index in [9.17, 15) is 19.8 Å². The second-order valence-electron chi connectivity index (χ2n) is 5.87. The molecule has 3 rings (SSSR count). The lowest BCUT2D eigenvalue weighted by molar-refractivity contribution is 0.100. The van der Waals surface area contributed by atoms with Crippen LogP contribution in [0.3, 0.4) is 0 Å². The highest BCUT2D eigenvalue weighted by atomic mass is 32.1. The molecule has 0 atom stereocenters. The molecule has 24 heavy (non-hydrogen) atoms. The summed E-state index contributed by atoms with van der Waals surface area (Å²) in [6.07, 6.45) is 3.71. The van der Waals surface area contributed by atoms with Gasteiger partial charge in [-0.25, -0.2) is 0 Å². The van der Waals surface area contributed by atoms with Gasteiger partial charge in [0.1, 0.15) is 16.5 Å². The lowest BCUT2D eigenvalue weighted by Crippen LogP contribution is -2.18. The van der Waals surface area contributed by atoms with E-state index < -0.39 is 11.8 Å². The minimum absolute atomic E-state index is 0.109. The van der Waals surface area contributed by atoms with E-state index in [4.69, 9.17) is 5.73 Å². The van der Waals surface area contributed by atoms with Crippen LogP contribution in [0.5, 0.6) is 11.5 Å². The molecule has 7 heteroatoms. The SMILES string of the molecule is Cc1c(O)cc(C(=O)Nc2sc3c(c2C(N)=O)CCCC3)cc1O. The van der Waals surface area contributed by atoms with Crippen LogP contribution in [-0.4, -0.2) is 22.0 Å². The van der Waals surface area contributed by atoms with E-state index in [2.05, 4.69) is 5.32 Å². The second-order valence-corrected chi connectivity index (χ2v) is 6.98. The van der Waals surface area contributed by atoms with E-state index in [1.54, 1.807) is 6.92 Å². The van der Waals surface area contributed by atoms with Crippen LogP contribution in [0.1, 0.15) is 49.6 Å². The van der Waals surface area contributed by atoms with Crippen LogP contribution >= 0.6 is 11.3 Å². The summed E-state index contributed by atoms with van der Waals surface area (Å²) in [6.45, 7) is 1.55. The van der Waals surface area contributed by atoms with Crippen LogP contribution < -0.4 is 11.1 Å². The number of nitrogens with one attached hydrogen (secondary N) is 1. The van der Waals surface area contributed by atoms with Crippen molar-refractivity contribution in [3.8, 4) is 11.5 Å². The number of hydrogen-bond acceptors (Lipinski definition) is 5.